The first kappa shape index (κ1) is 18.1. The predicted molar refractivity (Wildman–Crippen MR) is 83.5 cm³/mol. The SMILES string of the molecule is CNCc1ccc(C)c(S(=O)(=O)N(C)CCS(C)(=O)=O)c1. The summed E-state index contributed by atoms with van der Waals surface area (Å²) < 4.78 is 48.5. The molecule has 0 atom stereocenters. The summed E-state index contributed by atoms with van der Waals surface area (Å²) >= 11 is 0. The summed E-state index contributed by atoms with van der Waals surface area (Å²) in [5, 5.41) is 2.97. The van der Waals surface area contributed by atoms with E-state index in [9.17, 15) is 16.8 Å². The van der Waals surface area contributed by atoms with Crippen LogP contribution in [0.4, 0.5) is 0 Å². The van der Waals surface area contributed by atoms with E-state index in [0.717, 1.165) is 16.1 Å². The molecule has 8 heteroatoms. The number of hydrogen-bond acceptors (Lipinski definition) is 5. The van der Waals surface area contributed by atoms with Gasteiger partial charge in [-0.3, -0.25) is 0 Å². The van der Waals surface area contributed by atoms with Crippen LogP contribution in [0.1, 0.15) is 11.1 Å². The first-order valence-electron chi connectivity index (χ1n) is 6.46. The van der Waals surface area contributed by atoms with Crippen molar-refractivity contribution in [2.75, 3.05) is 32.6 Å². The lowest BCUT2D eigenvalue weighted by Crippen LogP contribution is -2.32. The fourth-order valence-electron chi connectivity index (χ4n) is 1.82. The Hall–Kier alpha value is -0.960. The predicted octanol–water partition coefficient (Wildman–Crippen LogP) is 0.380. The molecule has 0 heterocycles. The van der Waals surface area contributed by atoms with Gasteiger partial charge in [-0.15, -0.1) is 0 Å². The largest absolute Gasteiger partial charge is 0.316 e. The van der Waals surface area contributed by atoms with E-state index in [-0.39, 0.29) is 17.2 Å². The number of nitrogens with zero attached hydrogens (tertiary/aromatic N) is 1. The van der Waals surface area contributed by atoms with Crippen molar-refractivity contribution >= 4 is 19.9 Å². The Morgan fingerprint density at radius 2 is 1.81 bits per heavy atom. The number of benzene rings is 1. The van der Waals surface area contributed by atoms with Crippen LogP contribution in [-0.2, 0) is 26.4 Å². The number of sulfone groups is 1. The van der Waals surface area contributed by atoms with Gasteiger partial charge in [0, 0.05) is 26.4 Å². The molecule has 0 aliphatic heterocycles. The smallest absolute Gasteiger partial charge is 0.243 e. The zero-order valence-corrected chi connectivity index (χ0v) is 14.4. The van der Waals surface area contributed by atoms with Crippen LogP contribution < -0.4 is 5.32 Å². The van der Waals surface area contributed by atoms with Gasteiger partial charge in [0.2, 0.25) is 10.0 Å². The highest BCUT2D eigenvalue weighted by Gasteiger charge is 2.23. The molecule has 0 bridgehead atoms. The molecule has 0 amide bonds. The van der Waals surface area contributed by atoms with Crippen molar-refractivity contribution in [3.63, 3.8) is 0 Å². The van der Waals surface area contributed by atoms with Gasteiger partial charge in [-0.25, -0.2) is 16.8 Å². The van der Waals surface area contributed by atoms with Gasteiger partial charge in [0.25, 0.3) is 0 Å². The van der Waals surface area contributed by atoms with Crippen molar-refractivity contribution in [3.8, 4) is 0 Å². The third-order valence-corrected chi connectivity index (χ3v) is 6.02. The maximum absolute atomic E-state index is 12.5. The molecule has 0 aliphatic rings. The number of hydrogen-bond donors (Lipinski definition) is 1. The minimum Gasteiger partial charge on any atom is -0.316 e. The van der Waals surface area contributed by atoms with Gasteiger partial charge in [-0.05, 0) is 31.2 Å². The minimum atomic E-state index is -3.69. The van der Waals surface area contributed by atoms with Gasteiger partial charge in [0.1, 0.15) is 9.84 Å². The molecule has 6 nitrogen and oxygen atoms in total. The zero-order chi connectivity index (χ0) is 16.3. The normalized spacial score (nSPS) is 12.8. The van der Waals surface area contributed by atoms with Crippen molar-refractivity contribution in [3.05, 3.63) is 29.3 Å². The van der Waals surface area contributed by atoms with Crippen molar-refractivity contribution in [1.29, 1.82) is 0 Å². The van der Waals surface area contributed by atoms with Crippen LogP contribution >= 0.6 is 0 Å². The van der Waals surface area contributed by atoms with Crippen molar-refractivity contribution in [2.24, 2.45) is 0 Å². The van der Waals surface area contributed by atoms with Crippen LogP contribution in [-0.4, -0.2) is 53.8 Å². The molecule has 0 aromatic heterocycles. The molecule has 120 valence electrons. The molecule has 0 saturated carbocycles. The summed E-state index contributed by atoms with van der Waals surface area (Å²) in [6.07, 6.45) is 1.09. The monoisotopic (exact) mass is 334 g/mol. The van der Waals surface area contributed by atoms with E-state index in [4.69, 9.17) is 0 Å². The first-order valence-corrected chi connectivity index (χ1v) is 9.96. The van der Waals surface area contributed by atoms with E-state index in [2.05, 4.69) is 5.32 Å². The Bertz CT molecular complexity index is 697. The molecule has 0 fully saturated rings. The third kappa shape index (κ3) is 5.06. The fraction of sp³-hybridized carbons (Fsp3) is 0.538. The molecular formula is C13H22N2O4S2. The van der Waals surface area contributed by atoms with Crippen molar-refractivity contribution < 1.29 is 16.8 Å². The van der Waals surface area contributed by atoms with Crippen LogP contribution in [0, 0.1) is 6.92 Å². The van der Waals surface area contributed by atoms with Crippen LogP contribution in [0.3, 0.4) is 0 Å². The van der Waals surface area contributed by atoms with Crippen LogP contribution in [0.5, 0.6) is 0 Å². The number of sulfonamides is 1. The number of aryl methyl sites for hydroxylation is 1. The Morgan fingerprint density at radius 3 is 2.33 bits per heavy atom. The van der Waals surface area contributed by atoms with Crippen LogP contribution in [0.25, 0.3) is 0 Å². The summed E-state index contributed by atoms with van der Waals surface area (Å²) in [5.41, 5.74) is 1.50. The second kappa shape index (κ2) is 6.87. The molecule has 0 saturated heterocycles. The second-order valence-electron chi connectivity index (χ2n) is 5.09. The molecule has 1 aromatic rings. The van der Waals surface area contributed by atoms with Crippen molar-refractivity contribution in [2.45, 2.75) is 18.4 Å². The summed E-state index contributed by atoms with van der Waals surface area (Å²) in [5.74, 6) is -0.196. The van der Waals surface area contributed by atoms with Gasteiger partial charge in [0.05, 0.1) is 10.6 Å². The Labute approximate surface area is 127 Å². The van der Waals surface area contributed by atoms with Crippen LogP contribution in [0.2, 0.25) is 0 Å². The highest BCUT2D eigenvalue weighted by Crippen LogP contribution is 2.20. The summed E-state index contributed by atoms with van der Waals surface area (Å²) in [7, 11) is -3.72. The summed E-state index contributed by atoms with van der Waals surface area (Å²) in [6, 6.07) is 5.24. The molecule has 1 aromatic carbocycles. The lowest BCUT2D eigenvalue weighted by Gasteiger charge is -2.18. The molecule has 0 unspecified atom stereocenters. The Morgan fingerprint density at radius 1 is 1.19 bits per heavy atom. The van der Waals surface area contributed by atoms with E-state index < -0.39 is 19.9 Å². The second-order valence-corrected chi connectivity index (χ2v) is 9.36. The topological polar surface area (TPSA) is 83.6 Å². The average Bonchev–Trinajstić information content (AvgIpc) is 2.37. The Kier molecular flexibility index (Phi) is 5.92. The highest BCUT2D eigenvalue weighted by atomic mass is 32.2. The van der Waals surface area contributed by atoms with Gasteiger partial charge in [0.15, 0.2) is 0 Å². The molecule has 0 radical (unpaired) electrons. The maximum atomic E-state index is 12.5. The molecule has 1 rings (SSSR count). The maximum Gasteiger partial charge on any atom is 0.243 e. The zero-order valence-electron chi connectivity index (χ0n) is 12.8. The average molecular weight is 334 g/mol. The lowest BCUT2D eigenvalue weighted by molar-refractivity contribution is 0.484. The molecule has 0 aliphatic carbocycles. The third-order valence-electron chi connectivity index (χ3n) is 3.10. The highest BCUT2D eigenvalue weighted by molar-refractivity contribution is 7.91. The summed E-state index contributed by atoms with van der Waals surface area (Å²) in [6.45, 7) is 2.23. The standard InChI is InChI=1S/C13H22N2O4S2/c1-11-5-6-12(10-14-2)9-13(11)21(18,19)15(3)7-8-20(4,16)17/h5-6,9,14H,7-8,10H2,1-4H3. The van der Waals surface area contributed by atoms with Gasteiger partial charge in [-0.1, -0.05) is 12.1 Å². The van der Waals surface area contributed by atoms with E-state index in [0.29, 0.717) is 12.1 Å². The van der Waals surface area contributed by atoms with Crippen molar-refractivity contribution in [1.82, 2.24) is 9.62 Å². The number of rotatable bonds is 7. The van der Waals surface area contributed by atoms with Gasteiger partial charge in [-0.2, -0.15) is 4.31 Å². The molecule has 0 spiro atoms. The molecule has 21 heavy (non-hydrogen) atoms. The van der Waals surface area contributed by atoms with E-state index in [1.165, 1.54) is 7.05 Å². The molecule has 1 N–H and O–H groups in total. The number of nitrogens with one attached hydrogen (secondary N) is 1. The fourth-order valence-corrected chi connectivity index (χ4v) is 3.98. The van der Waals surface area contributed by atoms with E-state index in [1.54, 1.807) is 26.1 Å². The van der Waals surface area contributed by atoms with E-state index >= 15 is 0 Å². The summed E-state index contributed by atoms with van der Waals surface area (Å²) in [4.78, 5) is 0.214. The first-order chi connectivity index (χ1) is 9.58. The van der Waals surface area contributed by atoms with Gasteiger partial charge >= 0.3 is 0 Å². The molecular weight excluding hydrogens is 312 g/mol. The lowest BCUT2D eigenvalue weighted by atomic mass is 10.1. The van der Waals surface area contributed by atoms with Gasteiger partial charge < -0.3 is 5.32 Å². The quantitative estimate of drug-likeness (QED) is 0.779. The van der Waals surface area contributed by atoms with Crippen LogP contribution in [0.15, 0.2) is 23.1 Å². The minimum absolute atomic E-state index is 0.0587. The Balaban J connectivity index is 3.09. The van der Waals surface area contributed by atoms with E-state index in [1.807, 2.05) is 6.07 Å².